The van der Waals surface area contributed by atoms with E-state index in [2.05, 4.69) is 53.8 Å². The van der Waals surface area contributed by atoms with Gasteiger partial charge in [0.15, 0.2) is 4.77 Å². The van der Waals surface area contributed by atoms with E-state index in [9.17, 15) is 0 Å². The van der Waals surface area contributed by atoms with Gasteiger partial charge < -0.3 is 14.9 Å². The summed E-state index contributed by atoms with van der Waals surface area (Å²) < 4.78 is 3.08. The summed E-state index contributed by atoms with van der Waals surface area (Å²) in [5.74, 6) is 0. The molecule has 106 valence electrons. The number of benzene rings is 1. The highest BCUT2D eigenvalue weighted by molar-refractivity contribution is 7.71. The molecular formula is C16H21N3S. The average molecular weight is 287 g/mol. The number of H-pyrrole nitrogens is 1. The maximum atomic E-state index is 5.48. The van der Waals surface area contributed by atoms with Crippen LogP contribution in [0.4, 0.5) is 0 Å². The van der Waals surface area contributed by atoms with Gasteiger partial charge >= 0.3 is 0 Å². The van der Waals surface area contributed by atoms with E-state index in [1.807, 2.05) is 0 Å². The number of hydrogen-bond donors (Lipinski definition) is 2. The summed E-state index contributed by atoms with van der Waals surface area (Å²) in [4.78, 5) is 3.33. The van der Waals surface area contributed by atoms with Gasteiger partial charge in [0.2, 0.25) is 0 Å². The third kappa shape index (κ3) is 2.34. The van der Waals surface area contributed by atoms with Crippen molar-refractivity contribution in [2.45, 2.75) is 46.3 Å². The summed E-state index contributed by atoms with van der Waals surface area (Å²) in [5, 5.41) is 3.59. The van der Waals surface area contributed by atoms with E-state index < -0.39 is 0 Å². The van der Waals surface area contributed by atoms with Crippen LogP contribution in [0.25, 0.3) is 11.0 Å². The van der Waals surface area contributed by atoms with Crippen LogP contribution in [0.15, 0.2) is 23.8 Å². The predicted molar refractivity (Wildman–Crippen MR) is 86.6 cm³/mol. The lowest BCUT2D eigenvalue weighted by atomic mass is 10.0. The molecule has 3 nitrogen and oxygen atoms in total. The number of imidazole rings is 1. The minimum atomic E-state index is 0.435. The van der Waals surface area contributed by atoms with Crippen molar-refractivity contribution in [1.29, 1.82) is 0 Å². The molecule has 0 radical (unpaired) electrons. The summed E-state index contributed by atoms with van der Waals surface area (Å²) in [6, 6.07) is 4.82. The summed E-state index contributed by atoms with van der Waals surface area (Å²) in [7, 11) is 0. The SMILES string of the molecule is CC(C)=CCc1ccc2[nH]c(=S)n3c2c1CN[C@@H](C)C3. The first-order valence-electron chi connectivity index (χ1n) is 7.16. The first-order valence-corrected chi connectivity index (χ1v) is 7.57. The fourth-order valence-corrected chi connectivity index (χ4v) is 3.14. The number of rotatable bonds is 2. The Morgan fingerprint density at radius 3 is 3.00 bits per heavy atom. The van der Waals surface area contributed by atoms with Crippen LogP contribution >= 0.6 is 12.2 Å². The molecule has 3 rings (SSSR count). The van der Waals surface area contributed by atoms with Gasteiger partial charge in [0.1, 0.15) is 0 Å². The van der Waals surface area contributed by atoms with E-state index in [-0.39, 0.29) is 0 Å². The van der Waals surface area contributed by atoms with Crippen molar-refractivity contribution in [3.63, 3.8) is 0 Å². The Kier molecular flexibility index (Phi) is 3.52. The highest BCUT2D eigenvalue weighted by atomic mass is 32.1. The van der Waals surface area contributed by atoms with Crippen LogP contribution in [0.5, 0.6) is 0 Å². The second kappa shape index (κ2) is 5.19. The van der Waals surface area contributed by atoms with Crippen LogP contribution in [-0.2, 0) is 19.5 Å². The van der Waals surface area contributed by atoms with Gasteiger partial charge in [0, 0.05) is 19.1 Å². The lowest BCUT2D eigenvalue weighted by molar-refractivity contribution is 0.494. The molecule has 1 atom stereocenters. The van der Waals surface area contributed by atoms with Crippen molar-refractivity contribution < 1.29 is 0 Å². The molecule has 0 bridgehead atoms. The highest BCUT2D eigenvalue weighted by Gasteiger charge is 2.18. The minimum absolute atomic E-state index is 0.435. The Bertz CT molecular complexity index is 732. The zero-order valence-corrected chi connectivity index (χ0v) is 13.1. The van der Waals surface area contributed by atoms with E-state index in [0.29, 0.717) is 6.04 Å². The standard InChI is InChI=1S/C16H21N3S/c1-10(2)4-5-12-6-7-14-15-13(12)8-17-11(3)9-19(15)16(20)18-14/h4,6-7,11,17H,5,8-9H2,1-3H3,(H,18,20)/t11-/m0/s1. The van der Waals surface area contributed by atoms with Gasteiger partial charge in [0.25, 0.3) is 0 Å². The zero-order valence-electron chi connectivity index (χ0n) is 12.3. The fraction of sp³-hybridized carbons (Fsp3) is 0.438. The quantitative estimate of drug-likeness (QED) is 0.652. The molecule has 0 saturated heterocycles. The molecule has 0 unspecified atom stereocenters. The molecule has 20 heavy (non-hydrogen) atoms. The number of hydrogen-bond acceptors (Lipinski definition) is 2. The molecule has 0 fully saturated rings. The van der Waals surface area contributed by atoms with E-state index in [1.165, 1.54) is 22.2 Å². The normalized spacial score (nSPS) is 18.1. The van der Waals surface area contributed by atoms with Crippen LogP contribution in [0.1, 0.15) is 31.9 Å². The maximum absolute atomic E-state index is 5.48. The molecule has 2 aromatic rings. The topological polar surface area (TPSA) is 32.8 Å². The lowest BCUT2D eigenvalue weighted by Gasteiger charge is -2.11. The Hall–Kier alpha value is -1.39. The fourth-order valence-electron chi connectivity index (χ4n) is 2.86. The number of nitrogens with one attached hydrogen (secondary N) is 2. The van der Waals surface area contributed by atoms with Gasteiger partial charge in [-0.1, -0.05) is 17.7 Å². The molecule has 1 aliphatic heterocycles. The molecule has 2 heterocycles. The molecule has 2 N–H and O–H groups in total. The zero-order chi connectivity index (χ0) is 14.3. The van der Waals surface area contributed by atoms with Crippen molar-refractivity contribution in [2.24, 2.45) is 0 Å². The van der Waals surface area contributed by atoms with Crippen LogP contribution in [0.3, 0.4) is 0 Å². The molecular weight excluding hydrogens is 266 g/mol. The molecule has 1 aliphatic rings. The van der Waals surface area contributed by atoms with Crippen LogP contribution in [-0.4, -0.2) is 15.6 Å². The largest absolute Gasteiger partial charge is 0.331 e. The first-order chi connectivity index (χ1) is 9.56. The Balaban J connectivity index is 2.21. The van der Waals surface area contributed by atoms with E-state index in [1.54, 1.807) is 0 Å². The van der Waals surface area contributed by atoms with Crippen molar-refractivity contribution in [3.8, 4) is 0 Å². The Labute approximate surface area is 124 Å². The van der Waals surface area contributed by atoms with Crippen molar-refractivity contribution in [1.82, 2.24) is 14.9 Å². The molecule has 0 amide bonds. The average Bonchev–Trinajstić information content (AvgIpc) is 2.59. The van der Waals surface area contributed by atoms with Gasteiger partial charge in [-0.15, -0.1) is 0 Å². The van der Waals surface area contributed by atoms with Gasteiger partial charge in [0.05, 0.1) is 11.0 Å². The van der Waals surface area contributed by atoms with Crippen LogP contribution in [0, 0.1) is 4.77 Å². The Morgan fingerprint density at radius 1 is 1.45 bits per heavy atom. The summed E-state index contributed by atoms with van der Waals surface area (Å²) in [6.07, 6.45) is 3.28. The number of aromatic nitrogens is 2. The monoisotopic (exact) mass is 287 g/mol. The highest BCUT2D eigenvalue weighted by Crippen LogP contribution is 2.26. The Morgan fingerprint density at radius 2 is 2.25 bits per heavy atom. The van der Waals surface area contributed by atoms with Gasteiger partial charge in [-0.3, -0.25) is 0 Å². The molecule has 0 spiro atoms. The van der Waals surface area contributed by atoms with Crippen LogP contribution in [0.2, 0.25) is 0 Å². The van der Waals surface area contributed by atoms with E-state index >= 15 is 0 Å². The first kappa shape index (κ1) is 13.6. The van der Waals surface area contributed by atoms with Crippen molar-refractivity contribution in [2.75, 3.05) is 0 Å². The van der Waals surface area contributed by atoms with Crippen LogP contribution < -0.4 is 5.32 Å². The third-order valence-electron chi connectivity index (χ3n) is 3.95. The smallest absolute Gasteiger partial charge is 0.178 e. The van der Waals surface area contributed by atoms with E-state index in [0.717, 1.165) is 29.8 Å². The van der Waals surface area contributed by atoms with E-state index in [4.69, 9.17) is 12.2 Å². The molecule has 0 saturated carbocycles. The summed E-state index contributed by atoms with van der Waals surface area (Å²) in [6.45, 7) is 8.35. The predicted octanol–water partition coefficient (Wildman–Crippen LogP) is 3.70. The molecule has 1 aromatic heterocycles. The van der Waals surface area contributed by atoms with Gasteiger partial charge in [-0.2, -0.15) is 0 Å². The summed E-state index contributed by atoms with van der Waals surface area (Å²) in [5.41, 5.74) is 6.58. The lowest BCUT2D eigenvalue weighted by Crippen LogP contribution is -2.27. The van der Waals surface area contributed by atoms with Gasteiger partial charge in [-0.25, -0.2) is 0 Å². The maximum Gasteiger partial charge on any atom is 0.178 e. The van der Waals surface area contributed by atoms with Gasteiger partial charge in [-0.05, 0) is 56.6 Å². The minimum Gasteiger partial charge on any atom is -0.331 e. The molecule has 4 heteroatoms. The number of nitrogens with zero attached hydrogens (tertiary/aromatic N) is 1. The van der Waals surface area contributed by atoms with Crippen molar-refractivity contribution >= 4 is 23.3 Å². The molecule has 0 aliphatic carbocycles. The number of allylic oxidation sites excluding steroid dienone is 2. The molecule has 1 aromatic carbocycles. The second-order valence-corrected chi connectivity index (χ2v) is 6.29. The second-order valence-electron chi connectivity index (χ2n) is 5.91. The number of aromatic amines is 1. The summed E-state index contributed by atoms with van der Waals surface area (Å²) >= 11 is 5.48. The third-order valence-corrected chi connectivity index (χ3v) is 4.27. The van der Waals surface area contributed by atoms with Crippen molar-refractivity contribution in [3.05, 3.63) is 39.7 Å².